The van der Waals surface area contributed by atoms with E-state index in [9.17, 15) is 9.90 Å². The predicted molar refractivity (Wildman–Crippen MR) is 89.8 cm³/mol. The summed E-state index contributed by atoms with van der Waals surface area (Å²) in [6.07, 6.45) is 1.35. The summed E-state index contributed by atoms with van der Waals surface area (Å²) < 4.78 is 7.37. The van der Waals surface area contributed by atoms with Gasteiger partial charge in [-0.05, 0) is 32.0 Å². The number of carbonyl (C=O) groups is 1. The number of aryl methyl sites for hydroxylation is 2. The van der Waals surface area contributed by atoms with Crippen LogP contribution in [0.15, 0.2) is 27.8 Å². The SMILES string of the molecule is COc1cc(Br)cc(C=NNC(=O)Cn2nc(C)cc2C)c1O. The zero-order valence-corrected chi connectivity index (χ0v) is 14.6. The van der Waals surface area contributed by atoms with Gasteiger partial charge in [0.25, 0.3) is 5.91 Å². The van der Waals surface area contributed by atoms with Gasteiger partial charge in [0.1, 0.15) is 6.54 Å². The quantitative estimate of drug-likeness (QED) is 0.614. The second-order valence-electron chi connectivity index (χ2n) is 4.92. The van der Waals surface area contributed by atoms with Crippen molar-refractivity contribution in [2.75, 3.05) is 7.11 Å². The molecule has 0 aliphatic heterocycles. The van der Waals surface area contributed by atoms with Gasteiger partial charge in [0, 0.05) is 15.7 Å². The fraction of sp³-hybridized carbons (Fsp3) is 0.267. The number of phenols is 1. The predicted octanol–water partition coefficient (Wildman–Crippen LogP) is 2.13. The van der Waals surface area contributed by atoms with Gasteiger partial charge >= 0.3 is 0 Å². The lowest BCUT2D eigenvalue weighted by Crippen LogP contribution is -2.24. The molecule has 7 nitrogen and oxygen atoms in total. The molecular weight excluding hydrogens is 364 g/mol. The molecule has 0 unspecified atom stereocenters. The standard InChI is InChI=1S/C15H17BrN4O3/c1-9-4-10(2)20(19-9)8-14(21)18-17-7-11-5-12(16)6-13(23-3)15(11)22/h4-7,22H,8H2,1-3H3,(H,18,21). The van der Waals surface area contributed by atoms with E-state index in [0.29, 0.717) is 11.3 Å². The minimum Gasteiger partial charge on any atom is -0.504 e. The number of aromatic nitrogens is 2. The van der Waals surface area contributed by atoms with Crippen molar-refractivity contribution in [3.05, 3.63) is 39.6 Å². The van der Waals surface area contributed by atoms with Crippen LogP contribution in [-0.4, -0.2) is 34.1 Å². The van der Waals surface area contributed by atoms with Crippen molar-refractivity contribution in [1.82, 2.24) is 15.2 Å². The maximum atomic E-state index is 11.9. The number of hydrogen-bond acceptors (Lipinski definition) is 5. The van der Waals surface area contributed by atoms with Crippen LogP contribution >= 0.6 is 15.9 Å². The van der Waals surface area contributed by atoms with Crippen LogP contribution < -0.4 is 10.2 Å². The smallest absolute Gasteiger partial charge is 0.261 e. The molecule has 0 saturated heterocycles. The minimum atomic E-state index is -0.311. The molecule has 1 aromatic heterocycles. The van der Waals surface area contributed by atoms with Gasteiger partial charge in [-0.1, -0.05) is 15.9 Å². The van der Waals surface area contributed by atoms with Crippen LogP contribution in [0, 0.1) is 13.8 Å². The van der Waals surface area contributed by atoms with E-state index in [1.54, 1.807) is 16.8 Å². The highest BCUT2D eigenvalue weighted by atomic mass is 79.9. The van der Waals surface area contributed by atoms with Crippen LogP contribution in [0.3, 0.4) is 0 Å². The van der Waals surface area contributed by atoms with Crippen LogP contribution in [0.4, 0.5) is 0 Å². The molecule has 122 valence electrons. The van der Waals surface area contributed by atoms with Crippen LogP contribution in [0.5, 0.6) is 11.5 Å². The topological polar surface area (TPSA) is 88.7 Å². The van der Waals surface area contributed by atoms with Crippen LogP contribution in [0.1, 0.15) is 17.0 Å². The maximum absolute atomic E-state index is 11.9. The summed E-state index contributed by atoms with van der Waals surface area (Å²) in [6, 6.07) is 5.19. The third-order valence-electron chi connectivity index (χ3n) is 3.08. The highest BCUT2D eigenvalue weighted by Crippen LogP contribution is 2.32. The molecule has 8 heteroatoms. The van der Waals surface area contributed by atoms with Gasteiger partial charge in [0.2, 0.25) is 0 Å². The highest BCUT2D eigenvalue weighted by Gasteiger charge is 2.09. The third-order valence-corrected chi connectivity index (χ3v) is 3.54. The summed E-state index contributed by atoms with van der Waals surface area (Å²) in [5.74, 6) is -0.0454. The lowest BCUT2D eigenvalue weighted by Gasteiger charge is -2.07. The van der Waals surface area contributed by atoms with Crippen molar-refractivity contribution in [3.63, 3.8) is 0 Å². The molecule has 1 heterocycles. The Balaban J connectivity index is 2.03. The monoisotopic (exact) mass is 380 g/mol. The fourth-order valence-electron chi connectivity index (χ4n) is 2.03. The Bertz CT molecular complexity index is 755. The van der Waals surface area contributed by atoms with Gasteiger partial charge in [-0.2, -0.15) is 10.2 Å². The fourth-order valence-corrected chi connectivity index (χ4v) is 2.48. The molecule has 0 spiro atoms. The molecule has 2 rings (SSSR count). The number of methoxy groups -OCH3 is 1. The van der Waals surface area contributed by atoms with E-state index in [4.69, 9.17) is 4.74 Å². The van der Waals surface area contributed by atoms with Crippen molar-refractivity contribution in [2.45, 2.75) is 20.4 Å². The number of nitrogens with one attached hydrogen (secondary N) is 1. The molecule has 2 aromatic rings. The molecule has 0 aliphatic carbocycles. The average molecular weight is 381 g/mol. The number of benzene rings is 1. The van der Waals surface area contributed by atoms with Crippen LogP contribution in [0.25, 0.3) is 0 Å². The van der Waals surface area contributed by atoms with E-state index in [1.807, 2.05) is 19.9 Å². The van der Waals surface area contributed by atoms with Crippen LogP contribution in [0.2, 0.25) is 0 Å². The number of amides is 1. The van der Waals surface area contributed by atoms with E-state index in [2.05, 4.69) is 31.6 Å². The van der Waals surface area contributed by atoms with E-state index in [0.717, 1.165) is 15.9 Å². The molecule has 23 heavy (non-hydrogen) atoms. The first-order valence-corrected chi connectivity index (χ1v) is 7.59. The number of hydrogen-bond donors (Lipinski definition) is 2. The summed E-state index contributed by atoms with van der Waals surface area (Å²) in [5.41, 5.74) is 4.57. The first kappa shape index (κ1) is 17.0. The van der Waals surface area contributed by atoms with Gasteiger partial charge in [-0.15, -0.1) is 0 Å². The largest absolute Gasteiger partial charge is 0.504 e. The number of aromatic hydroxyl groups is 1. The van der Waals surface area contributed by atoms with Gasteiger partial charge in [0.05, 0.1) is 19.0 Å². The molecule has 1 amide bonds. The molecule has 0 radical (unpaired) electrons. The van der Waals surface area contributed by atoms with Crippen molar-refractivity contribution < 1.29 is 14.6 Å². The van der Waals surface area contributed by atoms with Crippen molar-refractivity contribution in [2.24, 2.45) is 5.10 Å². The number of halogens is 1. The molecule has 2 N–H and O–H groups in total. The maximum Gasteiger partial charge on any atom is 0.261 e. The molecule has 0 fully saturated rings. The first-order valence-electron chi connectivity index (χ1n) is 6.80. The molecule has 0 aliphatic rings. The molecule has 0 saturated carbocycles. The Hall–Kier alpha value is -2.35. The minimum absolute atomic E-state index is 0.0488. The Morgan fingerprint density at radius 3 is 2.83 bits per heavy atom. The summed E-state index contributed by atoms with van der Waals surface area (Å²) in [7, 11) is 1.46. The zero-order valence-electron chi connectivity index (χ0n) is 13.0. The number of rotatable bonds is 5. The summed E-state index contributed by atoms with van der Waals surface area (Å²) in [5, 5.41) is 18.0. The van der Waals surface area contributed by atoms with Crippen molar-refractivity contribution in [3.8, 4) is 11.5 Å². The van der Waals surface area contributed by atoms with Gasteiger partial charge in [-0.3, -0.25) is 9.48 Å². The third kappa shape index (κ3) is 4.32. The Kier molecular flexibility index (Phi) is 5.38. The van der Waals surface area contributed by atoms with Crippen molar-refractivity contribution >= 4 is 28.1 Å². The van der Waals surface area contributed by atoms with E-state index in [1.165, 1.54) is 13.3 Å². The van der Waals surface area contributed by atoms with E-state index >= 15 is 0 Å². The number of ether oxygens (including phenoxy) is 1. The Labute approximate surface area is 142 Å². The van der Waals surface area contributed by atoms with Crippen molar-refractivity contribution in [1.29, 1.82) is 0 Å². The average Bonchev–Trinajstić information content (AvgIpc) is 2.80. The zero-order chi connectivity index (χ0) is 17.0. The van der Waals surface area contributed by atoms with Crippen LogP contribution in [-0.2, 0) is 11.3 Å². The normalized spacial score (nSPS) is 11.0. The van der Waals surface area contributed by atoms with E-state index < -0.39 is 0 Å². The second-order valence-corrected chi connectivity index (χ2v) is 5.84. The number of carbonyl (C=O) groups excluding carboxylic acids is 1. The number of nitrogens with zero attached hydrogens (tertiary/aromatic N) is 3. The van der Waals surface area contributed by atoms with E-state index in [-0.39, 0.29) is 18.2 Å². The molecule has 0 atom stereocenters. The first-order chi connectivity index (χ1) is 10.9. The molecular formula is C15H17BrN4O3. The number of hydrazone groups is 1. The van der Waals surface area contributed by atoms with Gasteiger partial charge < -0.3 is 9.84 Å². The van der Waals surface area contributed by atoms with Gasteiger partial charge in [0.15, 0.2) is 11.5 Å². The molecule has 0 bridgehead atoms. The molecule has 1 aromatic carbocycles. The highest BCUT2D eigenvalue weighted by molar-refractivity contribution is 9.10. The van der Waals surface area contributed by atoms with Gasteiger partial charge in [-0.25, -0.2) is 5.43 Å². The lowest BCUT2D eigenvalue weighted by molar-refractivity contribution is -0.121. The second kappa shape index (κ2) is 7.28. The summed E-state index contributed by atoms with van der Waals surface area (Å²) >= 11 is 3.31. The number of phenolic OH excluding ortho intramolecular Hbond substituents is 1. The Morgan fingerprint density at radius 2 is 2.22 bits per heavy atom. The summed E-state index contributed by atoms with van der Waals surface area (Å²) in [4.78, 5) is 11.9. The lowest BCUT2D eigenvalue weighted by atomic mass is 10.2. The summed E-state index contributed by atoms with van der Waals surface area (Å²) in [6.45, 7) is 3.82. The Morgan fingerprint density at radius 1 is 1.48 bits per heavy atom.